The van der Waals surface area contributed by atoms with Gasteiger partial charge in [0.2, 0.25) is 0 Å². The Labute approximate surface area is 133 Å². The number of nitro benzene ring substituents is 1. The molecule has 23 heavy (non-hydrogen) atoms. The summed E-state index contributed by atoms with van der Waals surface area (Å²) >= 11 is 0. The molecular formula is C17H16N2O4. The van der Waals surface area contributed by atoms with Crippen molar-refractivity contribution in [1.82, 2.24) is 0 Å². The Bertz CT molecular complexity index is 743. The molecule has 2 aromatic rings. The molecule has 1 unspecified atom stereocenters. The number of non-ortho nitro benzene ring substituents is 1. The number of benzene rings is 2. The molecule has 0 saturated carbocycles. The van der Waals surface area contributed by atoms with Gasteiger partial charge in [0.25, 0.3) is 5.69 Å². The Morgan fingerprint density at radius 1 is 1.22 bits per heavy atom. The third-order valence-corrected chi connectivity index (χ3v) is 4.16. The number of para-hydroxylation sites is 1. The van der Waals surface area contributed by atoms with E-state index in [0.717, 1.165) is 16.8 Å². The minimum absolute atomic E-state index is 0.0590. The van der Waals surface area contributed by atoms with Crippen LogP contribution < -0.4 is 4.90 Å². The highest BCUT2D eigenvalue weighted by Gasteiger charge is 2.33. The molecule has 0 aromatic heterocycles. The summed E-state index contributed by atoms with van der Waals surface area (Å²) < 4.78 is 0. The van der Waals surface area contributed by atoms with E-state index < -0.39 is 16.9 Å². The van der Waals surface area contributed by atoms with E-state index in [-0.39, 0.29) is 5.69 Å². The standard InChI is InChI=1S/C17H16N2O4/c20-17(21)16-11-13-3-1-2-4-15(13)18(16)10-9-12-5-7-14(8-6-12)19(22)23/h1-8,16H,9-11H2,(H,20,21). The number of carboxylic acids is 1. The summed E-state index contributed by atoms with van der Waals surface area (Å²) in [6.07, 6.45) is 1.14. The monoisotopic (exact) mass is 312 g/mol. The summed E-state index contributed by atoms with van der Waals surface area (Å²) in [6.45, 7) is 0.561. The van der Waals surface area contributed by atoms with Crippen molar-refractivity contribution in [3.63, 3.8) is 0 Å². The van der Waals surface area contributed by atoms with Gasteiger partial charge in [-0.05, 0) is 23.6 Å². The fourth-order valence-electron chi connectivity index (χ4n) is 2.98. The molecule has 6 heteroatoms. The topological polar surface area (TPSA) is 83.7 Å². The van der Waals surface area contributed by atoms with Gasteiger partial charge in [0.15, 0.2) is 0 Å². The van der Waals surface area contributed by atoms with Crippen LogP contribution in [0.25, 0.3) is 0 Å². The molecule has 1 atom stereocenters. The predicted molar refractivity (Wildman–Crippen MR) is 85.7 cm³/mol. The van der Waals surface area contributed by atoms with Crippen LogP contribution in [0.15, 0.2) is 48.5 Å². The number of carbonyl (C=O) groups is 1. The molecule has 0 amide bonds. The first kappa shape index (κ1) is 15.0. The molecule has 3 rings (SSSR count). The van der Waals surface area contributed by atoms with E-state index in [4.69, 9.17) is 0 Å². The minimum atomic E-state index is -0.829. The van der Waals surface area contributed by atoms with Crippen molar-refractivity contribution >= 4 is 17.3 Å². The Morgan fingerprint density at radius 3 is 2.57 bits per heavy atom. The van der Waals surface area contributed by atoms with E-state index in [1.807, 2.05) is 29.2 Å². The molecule has 1 heterocycles. The molecule has 2 aromatic carbocycles. The lowest BCUT2D eigenvalue weighted by atomic mass is 10.1. The van der Waals surface area contributed by atoms with Gasteiger partial charge in [-0.25, -0.2) is 4.79 Å². The zero-order valence-electron chi connectivity index (χ0n) is 12.4. The minimum Gasteiger partial charge on any atom is -0.480 e. The second kappa shape index (κ2) is 6.08. The van der Waals surface area contributed by atoms with Gasteiger partial charge < -0.3 is 10.0 Å². The van der Waals surface area contributed by atoms with Crippen molar-refractivity contribution in [2.45, 2.75) is 18.9 Å². The third kappa shape index (κ3) is 3.01. The molecule has 0 fully saturated rings. The maximum atomic E-state index is 11.5. The molecule has 1 aliphatic heterocycles. The molecule has 1 N–H and O–H groups in total. The first-order valence-corrected chi connectivity index (χ1v) is 7.37. The molecule has 0 radical (unpaired) electrons. The molecule has 0 aliphatic carbocycles. The van der Waals surface area contributed by atoms with Gasteiger partial charge in [-0.3, -0.25) is 10.1 Å². The second-order valence-electron chi connectivity index (χ2n) is 5.55. The van der Waals surface area contributed by atoms with Crippen molar-refractivity contribution in [2.24, 2.45) is 0 Å². The number of nitrogens with zero attached hydrogens (tertiary/aromatic N) is 2. The molecule has 0 saturated heterocycles. The first-order chi connectivity index (χ1) is 11.1. The lowest BCUT2D eigenvalue weighted by Gasteiger charge is -2.24. The van der Waals surface area contributed by atoms with Crippen molar-refractivity contribution in [1.29, 1.82) is 0 Å². The summed E-state index contributed by atoms with van der Waals surface area (Å²) in [6, 6.07) is 13.5. The van der Waals surface area contributed by atoms with E-state index in [9.17, 15) is 20.0 Å². The van der Waals surface area contributed by atoms with Crippen LogP contribution in [0.2, 0.25) is 0 Å². The summed E-state index contributed by atoms with van der Waals surface area (Å²) in [7, 11) is 0. The lowest BCUT2D eigenvalue weighted by Crippen LogP contribution is -2.39. The van der Waals surface area contributed by atoms with E-state index in [1.165, 1.54) is 12.1 Å². The molecule has 0 spiro atoms. The van der Waals surface area contributed by atoms with Crippen molar-refractivity contribution in [2.75, 3.05) is 11.4 Å². The van der Waals surface area contributed by atoms with Crippen LogP contribution in [0.4, 0.5) is 11.4 Å². The fraction of sp³-hybridized carbons (Fsp3) is 0.235. The van der Waals surface area contributed by atoms with Crippen LogP contribution in [0, 0.1) is 10.1 Å². The van der Waals surface area contributed by atoms with E-state index in [0.29, 0.717) is 19.4 Å². The number of hydrogen-bond acceptors (Lipinski definition) is 4. The Kier molecular flexibility index (Phi) is 3.97. The lowest BCUT2D eigenvalue weighted by molar-refractivity contribution is -0.384. The van der Waals surface area contributed by atoms with Crippen LogP contribution in [-0.2, 0) is 17.6 Å². The number of carboxylic acid groups (broad SMARTS) is 1. The molecule has 6 nitrogen and oxygen atoms in total. The van der Waals surface area contributed by atoms with Gasteiger partial charge in [-0.1, -0.05) is 30.3 Å². The van der Waals surface area contributed by atoms with Crippen LogP contribution >= 0.6 is 0 Å². The van der Waals surface area contributed by atoms with Gasteiger partial charge >= 0.3 is 5.97 Å². The fourth-order valence-corrected chi connectivity index (χ4v) is 2.98. The SMILES string of the molecule is O=C(O)C1Cc2ccccc2N1CCc1ccc([N+](=O)[O-])cc1. The van der Waals surface area contributed by atoms with Gasteiger partial charge in [0.05, 0.1) is 4.92 Å². The molecule has 1 aliphatic rings. The molecular weight excluding hydrogens is 296 g/mol. The summed E-state index contributed by atoms with van der Waals surface area (Å²) in [5, 5.41) is 20.1. The highest BCUT2D eigenvalue weighted by molar-refractivity contribution is 5.82. The summed E-state index contributed by atoms with van der Waals surface area (Å²) in [5.41, 5.74) is 3.01. The average Bonchev–Trinajstić information content (AvgIpc) is 2.92. The number of anilines is 1. The van der Waals surface area contributed by atoms with E-state index in [2.05, 4.69) is 0 Å². The quantitative estimate of drug-likeness (QED) is 0.678. The van der Waals surface area contributed by atoms with Crippen molar-refractivity contribution < 1.29 is 14.8 Å². The number of rotatable bonds is 5. The van der Waals surface area contributed by atoms with Crippen LogP contribution in [0.1, 0.15) is 11.1 Å². The number of aliphatic carboxylic acids is 1. The Morgan fingerprint density at radius 2 is 1.91 bits per heavy atom. The van der Waals surface area contributed by atoms with Gasteiger partial charge in [0, 0.05) is 30.8 Å². The average molecular weight is 312 g/mol. The van der Waals surface area contributed by atoms with E-state index >= 15 is 0 Å². The highest BCUT2D eigenvalue weighted by Crippen LogP contribution is 2.32. The summed E-state index contributed by atoms with van der Waals surface area (Å²) in [4.78, 5) is 23.6. The largest absolute Gasteiger partial charge is 0.480 e. The Hall–Kier alpha value is -2.89. The maximum Gasteiger partial charge on any atom is 0.326 e. The zero-order valence-corrected chi connectivity index (χ0v) is 12.4. The van der Waals surface area contributed by atoms with Crippen LogP contribution in [-0.4, -0.2) is 28.6 Å². The van der Waals surface area contributed by atoms with Gasteiger partial charge in [0.1, 0.15) is 6.04 Å². The smallest absolute Gasteiger partial charge is 0.326 e. The van der Waals surface area contributed by atoms with Crippen molar-refractivity contribution in [3.8, 4) is 0 Å². The van der Waals surface area contributed by atoms with Crippen LogP contribution in [0.3, 0.4) is 0 Å². The third-order valence-electron chi connectivity index (χ3n) is 4.16. The number of fused-ring (bicyclic) bond motifs is 1. The highest BCUT2D eigenvalue weighted by atomic mass is 16.6. The number of nitro groups is 1. The first-order valence-electron chi connectivity index (χ1n) is 7.37. The van der Waals surface area contributed by atoms with Crippen molar-refractivity contribution in [3.05, 3.63) is 69.8 Å². The van der Waals surface area contributed by atoms with Gasteiger partial charge in [-0.2, -0.15) is 0 Å². The van der Waals surface area contributed by atoms with Crippen LogP contribution in [0.5, 0.6) is 0 Å². The predicted octanol–water partition coefficient (Wildman–Crippen LogP) is 2.65. The van der Waals surface area contributed by atoms with Gasteiger partial charge in [-0.15, -0.1) is 0 Å². The maximum absolute atomic E-state index is 11.5. The summed E-state index contributed by atoms with van der Waals surface area (Å²) in [5.74, 6) is -0.829. The number of hydrogen-bond donors (Lipinski definition) is 1. The molecule has 0 bridgehead atoms. The molecule has 118 valence electrons. The van der Waals surface area contributed by atoms with E-state index in [1.54, 1.807) is 12.1 Å². The zero-order chi connectivity index (χ0) is 16.4. The second-order valence-corrected chi connectivity index (χ2v) is 5.55. The Balaban J connectivity index is 1.75. The normalized spacial score (nSPS) is 16.2.